The molecule has 1 amide bonds. The Morgan fingerprint density at radius 1 is 1.14 bits per heavy atom. The Morgan fingerprint density at radius 2 is 1.67 bits per heavy atom. The normalized spacial score (nSPS) is 11.7. The highest BCUT2D eigenvalue weighted by Gasteiger charge is 2.22. The van der Waals surface area contributed by atoms with E-state index in [-0.39, 0.29) is 19.0 Å². The first kappa shape index (κ1) is 18.1. The third kappa shape index (κ3) is 5.76. The number of likely N-dealkylation sites (N-methyl/N-ethyl adjacent to an activating group) is 1. The van der Waals surface area contributed by atoms with Crippen molar-refractivity contribution in [2.24, 2.45) is 0 Å². The molecule has 1 aromatic carbocycles. The molecule has 0 radical (unpaired) electrons. The van der Waals surface area contributed by atoms with E-state index in [2.05, 4.69) is 15.9 Å². The topological polar surface area (TPSA) is 57.7 Å². The Bertz CT molecular complexity index is 568. The lowest BCUT2D eigenvalue weighted by Gasteiger charge is -2.24. The number of hydrogen-bond acceptors (Lipinski definition) is 3. The van der Waals surface area contributed by atoms with Crippen LogP contribution in [0.25, 0.3) is 0 Å². The Balaban J connectivity index is 2.87. The first-order valence-corrected chi connectivity index (χ1v) is 9.39. The average Bonchev–Trinajstić information content (AvgIpc) is 2.40. The summed E-state index contributed by atoms with van der Waals surface area (Å²) in [6.07, 6.45) is 1.13. The fourth-order valence-corrected chi connectivity index (χ4v) is 2.90. The lowest BCUT2D eigenvalue weighted by molar-refractivity contribution is -0.131. The van der Waals surface area contributed by atoms with E-state index in [9.17, 15) is 13.2 Å². The monoisotopic (exact) mass is 376 g/mol. The number of nitrogens with zero attached hydrogens (tertiary/aromatic N) is 2. The minimum Gasteiger partial charge on any atom is -0.342 e. The predicted molar refractivity (Wildman–Crippen MR) is 87.3 cm³/mol. The molecule has 0 fully saturated rings. The average molecular weight is 377 g/mol. The van der Waals surface area contributed by atoms with E-state index in [1.54, 1.807) is 4.90 Å². The summed E-state index contributed by atoms with van der Waals surface area (Å²) in [5.74, 6) is -0.178. The second-order valence-electron chi connectivity index (χ2n) is 4.72. The van der Waals surface area contributed by atoms with Gasteiger partial charge in [-0.15, -0.1) is 0 Å². The highest BCUT2D eigenvalue weighted by Crippen LogP contribution is 2.14. The van der Waals surface area contributed by atoms with E-state index in [4.69, 9.17) is 0 Å². The minimum atomic E-state index is -3.44. The fourth-order valence-electron chi connectivity index (χ4n) is 1.91. The Kier molecular flexibility index (Phi) is 6.83. The minimum absolute atomic E-state index is 0.128. The lowest BCUT2D eigenvalue weighted by atomic mass is 10.2. The molecule has 0 saturated heterocycles. The van der Waals surface area contributed by atoms with E-state index in [0.717, 1.165) is 16.3 Å². The smallest absolute Gasteiger partial charge is 0.237 e. The molecule has 0 aliphatic carbocycles. The molecule has 0 bridgehead atoms. The molecule has 0 atom stereocenters. The van der Waals surface area contributed by atoms with Gasteiger partial charge in [0.05, 0.1) is 12.8 Å². The van der Waals surface area contributed by atoms with Crippen molar-refractivity contribution in [1.29, 1.82) is 0 Å². The first-order chi connectivity index (χ1) is 9.77. The fraction of sp³-hybridized carbons (Fsp3) is 0.500. The first-order valence-electron chi connectivity index (χ1n) is 6.75. The molecular weight excluding hydrogens is 356 g/mol. The van der Waals surface area contributed by atoms with E-state index in [1.807, 2.05) is 38.1 Å². The summed E-state index contributed by atoms with van der Waals surface area (Å²) in [4.78, 5) is 13.7. The molecule has 5 nitrogen and oxygen atoms in total. The van der Waals surface area contributed by atoms with Gasteiger partial charge in [0.15, 0.2) is 0 Å². The summed E-state index contributed by atoms with van der Waals surface area (Å²) in [5, 5.41) is 0. The zero-order valence-electron chi connectivity index (χ0n) is 12.5. The van der Waals surface area contributed by atoms with Crippen LogP contribution in [0.15, 0.2) is 28.7 Å². The number of benzene rings is 1. The van der Waals surface area contributed by atoms with Crippen LogP contribution in [0.4, 0.5) is 0 Å². The van der Waals surface area contributed by atoms with Gasteiger partial charge in [-0.1, -0.05) is 28.1 Å². The summed E-state index contributed by atoms with van der Waals surface area (Å²) >= 11 is 3.34. The molecule has 0 aliphatic rings. The zero-order valence-corrected chi connectivity index (χ0v) is 14.9. The molecule has 118 valence electrons. The van der Waals surface area contributed by atoms with Crippen LogP contribution in [0.5, 0.6) is 0 Å². The van der Waals surface area contributed by atoms with Crippen LogP contribution < -0.4 is 0 Å². The molecule has 0 saturated carbocycles. The third-order valence-electron chi connectivity index (χ3n) is 3.17. The number of halogens is 1. The van der Waals surface area contributed by atoms with Crippen LogP contribution in [-0.4, -0.2) is 49.4 Å². The van der Waals surface area contributed by atoms with Gasteiger partial charge in [0.2, 0.25) is 15.9 Å². The van der Waals surface area contributed by atoms with Gasteiger partial charge in [0, 0.05) is 24.1 Å². The second kappa shape index (κ2) is 7.91. The standard InChI is InChI=1S/C14H21BrN2O3S/c1-4-16(5-2)14(18)11-17(21(3,19)20)10-12-6-8-13(15)9-7-12/h6-9H,4-5,10-11H2,1-3H3. The van der Waals surface area contributed by atoms with E-state index in [0.29, 0.717) is 13.1 Å². The molecule has 1 rings (SSSR count). The van der Waals surface area contributed by atoms with Gasteiger partial charge < -0.3 is 4.90 Å². The van der Waals surface area contributed by atoms with Crippen molar-refractivity contribution < 1.29 is 13.2 Å². The third-order valence-corrected chi connectivity index (χ3v) is 4.89. The number of amides is 1. The maximum Gasteiger partial charge on any atom is 0.237 e. The molecule has 21 heavy (non-hydrogen) atoms. The van der Waals surface area contributed by atoms with E-state index < -0.39 is 10.0 Å². The van der Waals surface area contributed by atoms with Crippen LogP contribution in [-0.2, 0) is 21.4 Å². The number of rotatable bonds is 7. The van der Waals surface area contributed by atoms with Gasteiger partial charge in [0.1, 0.15) is 0 Å². The van der Waals surface area contributed by atoms with Crippen LogP contribution in [0.3, 0.4) is 0 Å². The summed E-state index contributed by atoms with van der Waals surface area (Å²) in [7, 11) is -3.44. The SMILES string of the molecule is CCN(CC)C(=O)CN(Cc1ccc(Br)cc1)S(C)(=O)=O. The van der Waals surface area contributed by atoms with Crippen molar-refractivity contribution in [1.82, 2.24) is 9.21 Å². The van der Waals surface area contributed by atoms with Gasteiger partial charge in [-0.25, -0.2) is 8.42 Å². The molecule has 1 aromatic rings. The molecule has 0 aromatic heterocycles. The Hall–Kier alpha value is -0.920. The van der Waals surface area contributed by atoms with Gasteiger partial charge >= 0.3 is 0 Å². The van der Waals surface area contributed by atoms with E-state index >= 15 is 0 Å². The van der Waals surface area contributed by atoms with Crippen LogP contribution in [0.1, 0.15) is 19.4 Å². The number of sulfonamides is 1. The second-order valence-corrected chi connectivity index (χ2v) is 7.62. The molecule has 0 unspecified atom stereocenters. The largest absolute Gasteiger partial charge is 0.342 e. The quantitative estimate of drug-likeness (QED) is 0.731. The van der Waals surface area contributed by atoms with Crippen LogP contribution in [0, 0.1) is 0 Å². The summed E-state index contributed by atoms with van der Waals surface area (Å²) in [6.45, 7) is 4.97. The summed E-state index contributed by atoms with van der Waals surface area (Å²) in [5.41, 5.74) is 0.843. The van der Waals surface area contributed by atoms with Crippen molar-refractivity contribution >= 4 is 31.9 Å². The van der Waals surface area contributed by atoms with Crippen molar-refractivity contribution in [2.45, 2.75) is 20.4 Å². The molecule has 0 spiro atoms. The maximum absolute atomic E-state index is 12.1. The van der Waals surface area contributed by atoms with Crippen molar-refractivity contribution in [3.8, 4) is 0 Å². The highest BCUT2D eigenvalue weighted by atomic mass is 79.9. The molecule has 7 heteroatoms. The van der Waals surface area contributed by atoms with Gasteiger partial charge in [-0.05, 0) is 31.5 Å². The van der Waals surface area contributed by atoms with Crippen molar-refractivity contribution in [3.63, 3.8) is 0 Å². The molecule has 0 heterocycles. The summed E-state index contributed by atoms with van der Waals surface area (Å²) in [6, 6.07) is 7.37. The lowest BCUT2D eigenvalue weighted by Crippen LogP contribution is -2.42. The van der Waals surface area contributed by atoms with Crippen molar-refractivity contribution in [2.75, 3.05) is 25.9 Å². The number of carbonyl (C=O) groups excluding carboxylic acids is 1. The zero-order chi connectivity index (χ0) is 16.0. The predicted octanol–water partition coefficient (Wildman–Crippen LogP) is 2.08. The van der Waals surface area contributed by atoms with Crippen molar-refractivity contribution in [3.05, 3.63) is 34.3 Å². The van der Waals surface area contributed by atoms with Gasteiger partial charge in [-0.3, -0.25) is 4.79 Å². The summed E-state index contributed by atoms with van der Waals surface area (Å²) < 4.78 is 25.9. The van der Waals surface area contributed by atoms with E-state index in [1.165, 1.54) is 4.31 Å². The Labute approximate surface area is 135 Å². The Morgan fingerprint density at radius 3 is 2.10 bits per heavy atom. The molecule has 0 N–H and O–H groups in total. The van der Waals surface area contributed by atoms with Crippen LogP contribution >= 0.6 is 15.9 Å². The van der Waals surface area contributed by atoms with Gasteiger partial charge in [0.25, 0.3) is 0 Å². The van der Waals surface area contributed by atoms with Crippen LogP contribution in [0.2, 0.25) is 0 Å². The number of hydrogen-bond donors (Lipinski definition) is 0. The highest BCUT2D eigenvalue weighted by molar-refractivity contribution is 9.10. The maximum atomic E-state index is 12.1. The molecule has 0 aliphatic heterocycles. The molecular formula is C14H21BrN2O3S. The van der Waals surface area contributed by atoms with Gasteiger partial charge in [-0.2, -0.15) is 4.31 Å². The number of carbonyl (C=O) groups is 1.